The third-order valence-electron chi connectivity index (χ3n) is 3.16. The predicted octanol–water partition coefficient (Wildman–Crippen LogP) is 2.33. The van der Waals surface area contributed by atoms with E-state index in [0.717, 1.165) is 0 Å². The largest absolute Gasteiger partial charge is 0.327 e. The maximum atomic E-state index is 12.3. The number of halogens is 1. The molecule has 0 spiro atoms. The van der Waals surface area contributed by atoms with E-state index in [2.05, 4.69) is 0 Å². The lowest BCUT2D eigenvalue weighted by Crippen LogP contribution is -2.34. The highest BCUT2D eigenvalue weighted by Gasteiger charge is 2.21. The topological polar surface area (TPSA) is 63.4 Å². The Bertz CT molecular complexity index is 500. The van der Waals surface area contributed by atoms with Gasteiger partial charge < -0.3 is 5.73 Å². The normalized spacial score (nSPS) is 14.1. The van der Waals surface area contributed by atoms with Crippen LogP contribution in [0.3, 0.4) is 0 Å². The summed E-state index contributed by atoms with van der Waals surface area (Å²) >= 11 is 5.75. The third kappa shape index (κ3) is 4.45. The summed E-state index contributed by atoms with van der Waals surface area (Å²) in [7, 11) is -1.89. The third-order valence-corrected chi connectivity index (χ3v) is 5.28. The van der Waals surface area contributed by atoms with Crippen molar-refractivity contribution in [3.63, 3.8) is 0 Å². The Kier molecular flexibility index (Phi) is 5.80. The molecule has 1 aromatic carbocycles. The summed E-state index contributed by atoms with van der Waals surface area (Å²) in [6, 6.07) is 6.17. The Morgan fingerprint density at radius 2 is 1.79 bits per heavy atom. The summed E-state index contributed by atoms with van der Waals surface area (Å²) in [6.45, 7) is 4.46. The van der Waals surface area contributed by atoms with E-state index in [0.29, 0.717) is 23.9 Å². The van der Waals surface area contributed by atoms with Gasteiger partial charge in [0.2, 0.25) is 10.0 Å². The molecule has 0 bridgehead atoms. The Balaban J connectivity index is 2.74. The lowest BCUT2D eigenvalue weighted by Gasteiger charge is -2.21. The quantitative estimate of drug-likeness (QED) is 0.877. The maximum absolute atomic E-state index is 12.3. The van der Waals surface area contributed by atoms with Crippen LogP contribution < -0.4 is 5.73 Å². The summed E-state index contributed by atoms with van der Waals surface area (Å²) in [5.74, 6) is 0.339. The van der Waals surface area contributed by atoms with Gasteiger partial charge in [0.15, 0.2) is 0 Å². The van der Waals surface area contributed by atoms with Crippen molar-refractivity contribution in [2.45, 2.75) is 31.2 Å². The van der Waals surface area contributed by atoms with E-state index < -0.39 is 10.0 Å². The van der Waals surface area contributed by atoms with Crippen LogP contribution in [0, 0.1) is 5.92 Å². The van der Waals surface area contributed by atoms with Gasteiger partial charge in [-0.25, -0.2) is 12.7 Å². The molecule has 0 heterocycles. The standard InChI is InChI=1S/C13H21ClN2O2S/c1-10(2)13(15)8-9-16(3)19(17,18)12-6-4-11(14)5-7-12/h4-7,10,13H,8-9,15H2,1-3H3. The molecule has 19 heavy (non-hydrogen) atoms. The average molecular weight is 305 g/mol. The van der Waals surface area contributed by atoms with Crippen LogP contribution in [0.25, 0.3) is 0 Å². The van der Waals surface area contributed by atoms with Gasteiger partial charge in [0.25, 0.3) is 0 Å². The van der Waals surface area contributed by atoms with E-state index in [4.69, 9.17) is 17.3 Å². The van der Waals surface area contributed by atoms with Crippen LogP contribution in [0.2, 0.25) is 5.02 Å². The zero-order valence-corrected chi connectivity index (χ0v) is 13.1. The zero-order chi connectivity index (χ0) is 14.6. The molecule has 0 aliphatic heterocycles. The molecule has 2 N–H and O–H groups in total. The molecule has 0 fully saturated rings. The van der Waals surface area contributed by atoms with Gasteiger partial charge in [-0.3, -0.25) is 0 Å². The number of hydrogen-bond donors (Lipinski definition) is 1. The fourth-order valence-electron chi connectivity index (χ4n) is 1.57. The molecule has 1 aromatic rings. The second kappa shape index (κ2) is 6.70. The molecule has 0 saturated heterocycles. The van der Waals surface area contributed by atoms with E-state index >= 15 is 0 Å². The highest BCUT2D eigenvalue weighted by Crippen LogP contribution is 2.18. The number of sulfonamides is 1. The average Bonchev–Trinajstić information content (AvgIpc) is 2.35. The van der Waals surface area contributed by atoms with Crippen molar-refractivity contribution in [1.82, 2.24) is 4.31 Å². The minimum absolute atomic E-state index is 0.00266. The van der Waals surface area contributed by atoms with Crippen molar-refractivity contribution >= 4 is 21.6 Å². The predicted molar refractivity (Wildman–Crippen MR) is 78.7 cm³/mol. The van der Waals surface area contributed by atoms with Crippen LogP contribution in [0.5, 0.6) is 0 Å². The lowest BCUT2D eigenvalue weighted by atomic mass is 10.0. The van der Waals surface area contributed by atoms with Gasteiger partial charge in [-0.1, -0.05) is 25.4 Å². The smallest absolute Gasteiger partial charge is 0.242 e. The molecule has 4 nitrogen and oxygen atoms in total. The molecule has 0 aliphatic carbocycles. The fraction of sp³-hybridized carbons (Fsp3) is 0.538. The van der Waals surface area contributed by atoms with Crippen molar-refractivity contribution in [2.24, 2.45) is 11.7 Å². The molecular formula is C13H21ClN2O2S. The van der Waals surface area contributed by atoms with Gasteiger partial charge in [-0.05, 0) is 36.6 Å². The van der Waals surface area contributed by atoms with Crippen LogP contribution >= 0.6 is 11.6 Å². The van der Waals surface area contributed by atoms with E-state index in [1.165, 1.54) is 16.4 Å². The first-order valence-electron chi connectivity index (χ1n) is 6.22. The molecule has 108 valence electrons. The summed E-state index contributed by atoms with van der Waals surface area (Å²) in [6.07, 6.45) is 0.640. The second-order valence-corrected chi connectivity index (χ2v) is 7.46. The molecule has 6 heteroatoms. The Morgan fingerprint density at radius 1 is 1.26 bits per heavy atom. The first kappa shape index (κ1) is 16.4. The number of benzene rings is 1. The van der Waals surface area contributed by atoms with Gasteiger partial charge >= 0.3 is 0 Å². The van der Waals surface area contributed by atoms with Gasteiger partial charge in [-0.2, -0.15) is 0 Å². The SMILES string of the molecule is CC(C)C(N)CCN(C)S(=O)(=O)c1ccc(Cl)cc1. The summed E-state index contributed by atoms with van der Waals surface area (Å²) in [5.41, 5.74) is 5.93. The van der Waals surface area contributed by atoms with Crippen molar-refractivity contribution in [3.8, 4) is 0 Å². The van der Waals surface area contributed by atoms with Crippen molar-refractivity contribution in [1.29, 1.82) is 0 Å². The van der Waals surface area contributed by atoms with Gasteiger partial charge in [0.1, 0.15) is 0 Å². The minimum atomic E-state index is -3.46. The van der Waals surface area contributed by atoms with Crippen LogP contribution in [-0.2, 0) is 10.0 Å². The molecule has 0 aromatic heterocycles. The molecule has 1 unspecified atom stereocenters. The fourth-order valence-corrected chi connectivity index (χ4v) is 2.88. The minimum Gasteiger partial charge on any atom is -0.327 e. The highest BCUT2D eigenvalue weighted by atomic mass is 35.5. The van der Waals surface area contributed by atoms with Crippen LogP contribution in [0.4, 0.5) is 0 Å². The van der Waals surface area contributed by atoms with Crippen LogP contribution in [0.15, 0.2) is 29.2 Å². The number of nitrogens with two attached hydrogens (primary N) is 1. The Morgan fingerprint density at radius 3 is 2.26 bits per heavy atom. The first-order chi connectivity index (χ1) is 8.75. The zero-order valence-electron chi connectivity index (χ0n) is 11.5. The second-order valence-electron chi connectivity index (χ2n) is 4.98. The number of hydrogen-bond acceptors (Lipinski definition) is 3. The molecule has 0 amide bonds. The molecule has 1 atom stereocenters. The summed E-state index contributed by atoms with van der Waals surface area (Å²) < 4.78 is 25.9. The first-order valence-corrected chi connectivity index (χ1v) is 8.04. The van der Waals surface area contributed by atoms with E-state index in [-0.39, 0.29) is 10.9 Å². The summed E-state index contributed by atoms with van der Waals surface area (Å²) in [4.78, 5) is 0.248. The highest BCUT2D eigenvalue weighted by molar-refractivity contribution is 7.89. The summed E-state index contributed by atoms with van der Waals surface area (Å²) in [5, 5.41) is 0.517. The molecular weight excluding hydrogens is 284 g/mol. The van der Waals surface area contributed by atoms with Crippen LogP contribution in [-0.4, -0.2) is 32.4 Å². The monoisotopic (exact) mass is 304 g/mol. The van der Waals surface area contributed by atoms with E-state index in [1.54, 1.807) is 19.2 Å². The van der Waals surface area contributed by atoms with Gasteiger partial charge in [0.05, 0.1) is 4.90 Å². The Hall–Kier alpha value is -0.620. The molecule has 0 radical (unpaired) electrons. The van der Waals surface area contributed by atoms with Gasteiger partial charge in [-0.15, -0.1) is 0 Å². The van der Waals surface area contributed by atoms with Crippen molar-refractivity contribution in [2.75, 3.05) is 13.6 Å². The Labute approximate surface area is 120 Å². The van der Waals surface area contributed by atoms with Crippen LogP contribution in [0.1, 0.15) is 20.3 Å². The van der Waals surface area contributed by atoms with E-state index in [9.17, 15) is 8.42 Å². The van der Waals surface area contributed by atoms with Crippen molar-refractivity contribution in [3.05, 3.63) is 29.3 Å². The lowest BCUT2D eigenvalue weighted by molar-refractivity contribution is 0.397. The van der Waals surface area contributed by atoms with E-state index in [1.807, 2.05) is 13.8 Å². The maximum Gasteiger partial charge on any atom is 0.242 e. The number of nitrogens with zero attached hydrogens (tertiary/aromatic N) is 1. The van der Waals surface area contributed by atoms with Gasteiger partial charge in [0, 0.05) is 24.7 Å². The molecule has 0 saturated carbocycles. The molecule has 1 rings (SSSR count). The molecule has 0 aliphatic rings. The van der Waals surface area contributed by atoms with Crippen molar-refractivity contribution < 1.29 is 8.42 Å². The number of rotatable bonds is 6.